The average molecular weight is 392 g/mol. The van der Waals surface area contributed by atoms with Gasteiger partial charge in [0, 0.05) is 24.6 Å². The molecular weight excluding hydrogens is 373 g/mol. The SMILES string of the molecule is Cc1ccc(OCC(CC(=O)[C@@H]2CNC(=O)N2)c2ccc(F)c(Cl)c2)cn1. The molecular formula is C19H19ClFN3O3. The van der Waals surface area contributed by atoms with Crippen LogP contribution in [0, 0.1) is 12.7 Å². The summed E-state index contributed by atoms with van der Waals surface area (Å²) >= 11 is 5.90. The van der Waals surface area contributed by atoms with Crippen LogP contribution in [0.25, 0.3) is 0 Å². The van der Waals surface area contributed by atoms with Crippen LogP contribution >= 0.6 is 11.6 Å². The molecule has 1 aromatic heterocycles. The number of pyridine rings is 1. The molecule has 2 aromatic rings. The van der Waals surface area contributed by atoms with Crippen molar-refractivity contribution in [2.75, 3.05) is 13.2 Å². The standard InChI is InChI=1S/C19H19ClFN3O3/c1-11-2-4-14(8-22-11)27-10-13(12-3-5-16(21)15(20)6-12)7-18(25)17-9-23-19(26)24-17/h2-6,8,13,17H,7,9-10H2,1H3,(H2,23,24,26)/t13?,17-/m0/s1. The molecule has 1 unspecified atom stereocenters. The van der Waals surface area contributed by atoms with Crippen molar-refractivity contribution in [1.82, 2.24) is 15.6 Å². The number of ketones is 1. The zero-order valence-electron chi connectivity index (χ0n) is 14.7. The number of rotatable bonds is 7. The molecule has 2 atom stereocenters. The largest absolute Gasteiger partial charge is 0.491 e. The molecule has 1 aromatic carbocycles. The highest BCUT2D eigenvalue weighted by molar-refractivity contribution is 6.30. The Kier molecular flexibility index (Phi) is 5.91. The normalized spacial score (nSPS) is 17.1. The number of ether oxygens (including phenoxy) is 1. The summed E-state index contributed by atoms with van der Waals surface area (Å²) in [6.07, 6.45) is 1.72. The third-order valence-electron chi connectivity index (χ3n) is 4.36. The van der Waals surface area contributed by atoms with Gasteiger partial charge < -0.3 is 15.4 Å². The Morgan fingerprint density at radius 2 is 2.22 bits per heavy atom. The van der Waals surface area contributed by atoms with Gasteiger partial charge in [-0.25, -0.2) is 9.18 Å². The lowest BCUT2D eigenvalue weighted by Crippen LogP contribution is -2.35. The maximum atomic E-state index is 13.5. The molecule has 0 radical (unpaired) electrons. The molecule has 0 aliphatic carbocycles. The van der Waals surface area contributed by atoms with Crippen LogP contribution in [-0.2, 0) is 4.79 Å². The van der Waals surface area contributed by atoms with Crippen LogP contribution in [0.2, 0.25) is 5.02 Å². The first-order valence-corrected chi connectivity index (χ1v) is 8.87. The van der Waals surface area contributed by atoms with Gasteiger partial charge in [0.25, 0.3) is 0 Å². The summed E-state index contributed by atoms with van der Waals surface area (Å²) in [4.78, 5) is 28.0. The summed E-state index contributed by atoms with van der Waals surface area (Å²) in [6, 6.07) is 7.01. The van der Waals surface area contributed by atoms with Crippen LogP contribution in [0.15, 0.2) is 36.5 Å². The molecule has 0 bridgehead atoms. The van der Waals surface area contributed by atoms with Crippen LogP contribution in [0.5, 0.6) is 5.75 Å². The van der Waals surface area contributed by atoms with Crippen LogP contribution in [0.1, 0.15) is 23.6 Å². The van der Waals surface area contributed by atoms with Crippen molar-refractivity contribution in [3.8, 4) is 5.75 Å². The van der Waals surface area contributed by atoms with Gasteiger partial charge in [0.15, 0.2) is 5.78 Å². The predicted molar refractivity (Wildman–Crippen MR) is 98.6 cm³/mol. The van der Waals surface area contributed by atoms with Crippen LogP contribution in [0.3, 0.4) is 0 Å². The van der Waals surface area contributed by atoms with E-state index in [0.717, 1.165) is 5.69 Å². The highest BCUT2D eigenvalue weighted by Gasteiger charge is 2.29. The Labute approximate surface area is 161 Å². The monoisotopic (exact) mass is 391 g/mol. The molecule has 1 fully saturated rings. The summed E-state index contributed by atoms with van der Waals surface area (Å²) in [6.45, 7) is 2.31. The van der Waals surface area contributed by atoms with Crippen molar-refractivity contribution in [1.29, 1.82) is 0 Å². The summed E-state index contributed by atoms with van der Waals surface area (Å²) in [7, 11) is 0. The van der Waals surface area contributed by atoms with Crippen molar-refractivity contribution in [2.24, 2.45) is 0 Å². The van der Waals surface area contributed by atoms with Gasteiger partial charge in [-0.15, -0.1) is 0 Å². The number of urea groups is 1. The first-order valence-electron chi connectivity index (χ1n) is 8.50. The minimum absolute atomic E-state index is 0.0159. The van der Waals surface area contributed by atoms with E-state index in [4.69, 9.17) is 16.3 Å². The van der Waals surface area contributed by atoms with E-state index in [-0.39, 0.29) is 42.3 Å². The van der Waals surface area contributed by atoms with E-state index in [1.54, 1.807) is 18.3 Å². The average Bonchev–Trinajstić information content (AvgIpc) is 3.09. The van der Waals surface area contributed by atoms with Crippen molar-refractivity contribution in [3.05, 3.63) is 58.6 Å². The number of nitrogens with zero attached hydrogens (tertiary/aromatic N) is 1. The minimum Gasteiger partial charge on any atom is -0.491 e. The van der Waals surface area contributed by atoms with E-state index in [2.05, 4.69) is 15.6 Å². The number of carbonyl (C=O) groups excluding carboxylic acids is 2. The van der Waals surface area contributed by atoms with Crippen molar-refractivity contribution in [2.45, 2.75) is 25.3 Å². The van der Waals surface area contributed by atoms with Gasteiger partial charge in [-0.1, -0.05) is 17.7 Å². The highest BCUT2D eigenvalue weighted by atomic mass is 35.5. The second-order valence-corrected chi connectivity index (χ2v) is 6.80. The Morgan fingerprint density at radius 1 is 1.41 bits per heavy atom. The van der Waals surface area contributed by atoms with Gasteiger partial charge in [0.05, 0.1) is 17.8 Å². The fourth-order valence-electron chi connectivity index (χ4n) is 2.81. The smallest absolute Gasteiger partial charge is 0.315 e. The first-order chi connectivity index (χ1) is 12.9. The molecule has 3 rings (SSSR count). The number of hydrogen-bond donors (Lipinski definition) is 2. The lowest BCUT2D eigenvalue weighted by atomic mass is 9.92. The van der Waals surface area contributed by atoms with Gasteiger partial charge in [-0.2, -0.15) is 0 Å². The Hall–Kier alpha value is -2.67. The number of halogens is 2. The summed E-state index contributed by atoms with van der Waals surface area (Å²) < 4.78 is 19.3. The number of hydrogen-bond acceptors (Lipinski definition) is 4. The number of aromatic nitrogens is 1. The third kappa shape index (κ3) is 4.95. The molecule has 1 aliphatic heterocycles. The van der Waals surface area contributed by atoms with Crippen LogP contribution in [-0.4, -0.2) is 36.0 Å². The second-order valence-electron chi connectivity index (χ2n) is 6.39. The fourth-order valence-corrected chi connectivity index (χ4v) is 3.00. The van der Waals surface area contributed by atoms with E-state index in [0.29, 0.717) is 11.3 Å². The molecule has 2 heterocycles. The predicted octanol–water partition coefficient (Wildman–Crippen LogP) is 2.99. The molecule has 2 N–H and O–H groups in total. The lowest BCUT2D eigenvalue weighted by molar-refractivity contribution is -0.120. The van der Waals surface area contributed by atoms with Crippen LogP contribution < -0.4 is 15.4 Å². The Bertz CT molecular complexity index is 845. The Morgan fingerprint density at radius 3 is 2.85 bits per heavy atom. The maximum Gasteiger partial charge on any atom is 0.315 e. The molecule has 6 nitrogen and oxygen atoms in total. The molecule has 1 aliphatic rings. The zero-order valence-corrected chi connectivity index (χ0v) is 15.4. The minimum atomic E-state index is -0.586. The third-order valence-corrected chi connectivity index (χ3v) is 4.65. The van der Waals surface area contributed by atoms with Crippen molar-refractivity contribution >= 4 is 23.4 Å². The van der Waals surface area contributed by atoms with E-state index in [9.17, 15) is 14.0 Å². The summed E-state index contributed by atoms with van der Waals surface area (Å²) in [5.74, 6) is -0.442. The molecule has 27 heavy (non-hydrogen) atoms. The number of amides is 2. The fraction of sp³-hybridized carbons (Fsp3) is 0.316. The molecule has 0 saturated carbocycles. The van der Waals surface area contributed by atoms with E-state index in [1.165, 1.54) is 12.1 Å². The number of carbonyl (C=O) groups is 2. The Balaban J connectivity index is 1.75. The maximum absolute atomic E-state index is 13.5. The van der Waals surface area contributed by atoms with E-state index < -0.39 is 11.9 Å². The molecule has 0 spiro atoms. The van der Waals surface area contributed by atoms with Gasteiger partial charge in [0.2, 0.25) is 0 Å². The van der Waals surface area contributed by atoms with Crippen LogP contribution in [0.4, 0.5) is 9.18 Å². The molecule has 2 amide bonds. The topological polar surface area (TPSA) is 80.3 Å². The first kappa shape index (κ1) is 19.1. The molecule has 1 saturated heterocycles. The van der Waals surface area contributed by atoms with Crippen molar-refractivity contribution in [3.63, 3.8) is 0 Å². The number of Topliss-reactive ketones (excluding diaryl/α,β-unsaturated/α-hetero) is 1. The number of aryl methyl sites for hydroxylation is 1. The zero-order chi connectivity index (χ0) is 19.4. The van der Waals surface area contributed by atoms with Gasteiger partial charge >= 0.3 is 6.03 Å². The van der Waals surface area contributed by atoms with E-state index >= 15 is 0 Å². The van der Waals surface area contributed by atoms with Crippen molar-refractivity contribution < 1.29 is 18.7 Å². The summed E-state index contributed by atoms with van der Waals surface area (Å²) in [5, 5.41) is 5.12. The molecule has 142 valence electrons. The van der Waals surface area contributed by atoms with Gasteiger partial charge in [-0.05, 0) is 36.8 Å². The quantitative estimate of drug-likeness (QED) is 0.760. The molecule has 8 heteroatoms. The summed E-state index contributed by atoms with van der Waals surface area (Å²) in [5.41, 5.74) is 1.55. The van der Waals surface area contributed by atoms with E-state index in [1.807, 2.05) is 13.0 Å². The lowest BCUT2D eigenvalue weighted by Gasteiger charge is -2.19. The van der Waals surface area contributed by atoms with Gasteiger partial charge in [0.1, 0.15) is 17.6 Å². The highest BCUT2D eigenvalue weighted by Crippen LogP contribution is 2.26. The number of benzene rings is 1. The second kappa shape index (κ2) is 8.35. The van der Waals surface area contributed by atoms with Gasteiger partial charge in [-0.3, -0.25) is 9.78 Å². The number of nitrogens with one attached hydrogen (secondary N) is 2.